The standard InChI is InChI=1S/C12H20N2O3S2/c15-11-4-8-14(9-5-11)7-2-6-13-19(16,17)12-3-1-10-18-12/h1,3,10-11,13,15H,2,4-9H2. The van der Waals surface area contributed by atoms with Gasteiger partial charge in [0.05, 0.1) is 6.10 Å². The zero-order chi connectivity index (χ0) is 13.7. The molecule has 0 saturated carbocycles. The van der Waals surface area contributed by atoms with E-state index in [9.17, 15) is 13.5 Å². The minimum atomic E-state index is -3.32. The SMILES string of the molecule is O=S(=O)(NCCCN1CCC(O)CC1)c1cccs1. The van der Waals surface area contributed by atoms with Crippen molar-refractivity contribution in [3.05, 3.63) is 17.5 Å². The van der Waals surface area contributed by atoms with Gasteiger partial charge >= 0.3 is 0 Å². The van der Waals surface area contributed by atoms with Gasteiger partial charge in [-0.1, -0.05) is 6.07 Å². The number of sulfonamides is 1. The zero-order valence-corrected chi connectivity index (χ0v) is 12.4. The third-order valence-corrected chi connectivity index (χ3v) is 6.12. The first kappa shape index (κ1) is 14.9. The monoisotopic (exact) mass is 304 g/mol. The molecule has 1 aromatic rings. The van der Waals surface area contributed by atoms with Crippen LogP contribution in [0, 0.1) is 0 Å². The molecule has 1 aliphatic rings. The maximum absolute atomic E-state index is 11.8. The van der Waals surface area contributed by atoms with Gasteiger partial charge in [-0.2, -0.15) is 0 Å². The number of rotatable bonds is 6. The Morgan fingerprint density at radius 2 is 2.16 bits per heavy atom. The third-order valence-electron chi connectivity index (χ3n) is 3.26. The van der Waals surface area contributed by atoms with E-state index in [-0.39, 0.29) is 6.10 Å². The quantitative estimate of drug-likeness (QED) is 0.765. The van der Waals surface area contributed by atoms with Gasteiger partial charge in [0.15, 0.2) is 0 Å². The highest BCUT2D eigenvalue weighted by Crippen LogP contribution is 2.15. The summed E-state index contributed by atoms with van der Waals surface area (Å²) in [6.45, 7) is 3.14. The topological polar surface area (TPSA) is 69.6 Å². The number of likely N-dealkylation sites (tertiary alicyclic amines) is 1. The molecule has 1 aromatic heterocycles. The largest absolute Gasteiger partial charge is 0.393 e. The fourth-order valence-corrected chi connectivity index (χ4v) is 4.25. The number of nitrogens with one attached hydrogen (secondary N) is 1. The van der Waals surface area contributed by atoms with Crippen LogP contribution in [-0.4, -0.2) is 50.7 Å². The fourth-order valence-electron chi connectivity index (χ4n) is 2.14. The van der Waals surface area contributed by atoms with Gasteiger partial charge in [-0.15, -0.1) is 11.3 Å². The van der Waals surface area contributed by atoms with Crippen molar-refractivity contribution in [2.75, 3.05) is 26.2 Å². The molecule has 7 heteroatoms. The van der Waals surface area contributed by atoms with Crippen LogP contribution in [0.3, 0.4) is 0 Å². The molecule has 2 N–H and O–H groups in total. The molecule has 0 amide bonds. The molecular weight excluding hydrogens is 284 g/mol. The van der Waals surface area contributed by atoms with Crippen molar-refractivity contribution in [1.82, 2.24) is 9.62 Å². The lowest BCUT2D eigenvalue weighted by atomic mass is 10.1. The summed E-state index contributed by atoms with van der Waals surface area (Å²) in [5.74, 6) is 0. The molecule has 5 nitrogen and oxygen atoms in total. The van der Waals surface area contributed by atoms with E-state index in [2.05, 4.69) is 9.62 Å². The molecule has 2 heterocycles. The van der Waals surface area contributed by atoms with E-state index in [0.29, 0.717) is 10.8 Å². The lowest BCUT2D eigenvalue weighted by Gasteiger charge is -2.29. The molecule has 0 atom stereocenters. The maximum Gasteiger partial charge on any atom is 0.250 e. The summed E-state index contributed by atoms with van der Waals surface area (Å²) >= 11 is 1.23. The number of aliphatic hydroxyl groups excluding tert-OH is 1. The number of nitrogens with zero attached hydrogens (tertiary/aromatic N) is 1. The highest BCUT2D eigenvalue weighted by molar-refractivity contribution is 7.91. The van der Waals surface area contributed by atoms with Gasteiger partial charge in [-0.3, -0.25) is 0 Å². The Bertz CT molecular complexity index is 465. The zero-order valence-electron chi connectivity index (χ0n) is 10.8. The van der Waals surface area contributed by atoms with Gasteiger partial charge in [0.1, 0.15) is 4.21 Å². The molecule has 0 aromatic carbocycles. The fraction of sp³-hybridized carbons (Fsp3) is 0.667. The summed E-state index contributed by atoms with van der Waals surface area (Å²) in [4.78, 5) is 2.27. The Morgan fingerprint density at radius 3 is 2.79 bits per heavy atom. The summed E-state index contributed by atoms with van der Waals surface area (Å²) in [5, 5.41) is 11.2. The lowest BCUT2D eigenvalue weighted by Crippen LogP contribution is -2.37. The van der Waals surface area contributed by atoms with Crippen LogP contribution in [-0.2, 0) is 10.0 Å². The molecule has 0 aliphatic carbocycles. The Morgan fingerprint density at radius 1 is 1.42 bits per heavy atom. The second kappa shape index (κ2) is 6.81. The van der Waals surface area contributed by atoms with Crippen molar-refractivity contribution in [2.24, 2.45) is 0 Å². The van der Waals surface area contributed by atoms with Gasteiger partial charge in [0.25, 0.3) is 0 Å². The second-order valence-electron chi connectivity index (χ2n) is 4.76. The van der Waals surface area contributed by atoms with Crippen molar-refractivity contribution in [1.29, 1.82) is 0 Å². The van der Waals surface area contributed by atoms with Crippen molar-refractivity contribution in [3.63, 3.8) is 0 Å². The van der Waals surface area contributed by atoms with Gasteiger partial charge in [0, 0.05) is 19.6 Å². The first-order valence-electron chi connectivity index (χ1n) is 6.51. The molecule has 108 valence electrons. The van der Waals surface area contributed by atoms with Gasteiger partial charge in [0.2, 0.25) is 10.0 Å². The van der Waals surface area contributed by atoms with Crippen molar-refractivity contribution >= 4 is 21.4 Å². The number of hydrogen-bond donors (Lipinski definition) is 2. The average molecular weight is 304 g/mol. The summed E-state index contributed by atoms with van der Waals surface area (Å²) in [7, 11) is -3.32. The van der Waals surface area contributed by atoms with Crippen molar-refractivity contribution in [2.45, 2.75) is 29.6 Å². The molecule has 2 rings (SSSR count). The lowest BCUT2D eigenvalue weighted by molar-refractivity contribution is 0.0823. The number of thiophene rings is 1. The molecule has 1 aliphatic heterocycles. The van der Waals surface area contributed by atoms with E-state index in [4.69, 9.17) is 0 Å². The summed E-state index contributed by atoms with van der Waals surface area (Å²) in [6, 6.07) is 3.34. The molecular formula is C12H20N2O3S2. The Labute approximate surface area is 118 Å². The molecule has 0 unspecified atom stereocenters. The Balaban J connectivity index is 1.67. The van der Waals surface area contributed by atoms with E-state index in [1.165, 1.54) is 11.3 Å². The molecule has 1 fully saturated rings. The van der Waals surface area contributed by atoms with Crippen LogP contribution >= 0.6 is 11.3 Å². The van der Waals surface area contributed by atoms with E-state index in [0.717, 1.165) is 38.9 Å². The van der Waals surface area contributed by atoms with Gasteiger partial charge < -0.3 is 10.0 Å². The minimum absolute atomic E-state index is 0.159. The van der Waals surface area contributed by atoms with Crippen LogP contribution in [0.1, 0.15) is 19.3 Å². The molecule has 0 bridgehead atoms. The normalized spacial score (nSPS) is 18.8. The van der Waals surface area contributed by atoms with Crippen LogP contribution in [0.5, 0.6) is 0 Å². The average Bonchev–Trinajstić information content (AvgIpc) is 2.91. The van der Waals surface area contributed by atoms with Crippen molar-refractivity contribution in [3.8, 4) is 0 Å². The second-order valence-corrected chi connectivity index (χ2v) is 7.70. The van der Waals surface area contributed by atoms with E-state index >= 15 is 0 Å². The van der Waals surface area contributed by atoms with Gasteiger partial charge in [-0.05, 0) is 37.3 Å². The maximum atomic E-state index is 11.8. The predicted molar refractivity (Wildman–Crippen MR) is 75.8 cm³/mol. The summed E-state index contributed by atoms with van der Waals surface area (Å²) in [5.41, 5.74) is 0. The molecule has 0 radical (unpaired) electrons. The third kappa shape index (κ3) is 4.54. The highest BCUT2D eigenvalue weighted by atomic mass is 32.2. The van der Waals surface area contributed by atoms with Crippen LogP contribution in [0.15, 0.2) is 21.7 Å². The Kier molecular flexibility index (Phi) is 5.35. The van der Waals surface area contributed by atoms with Crippen LogP contribution in [0.2, 0.25) is 0 Å². The number of aliphatic hydroxyl groups is 1. The molecule has 0 spiro atoms. The molecule has 19 heavy (non-hydrogen) atoms. The number of piperidine rings is 1. The smallest absolute Gasteiger partial charge is 0.250 e. The summed E-state index contributed by atoms with van der Waals surface area (Å²) in [6.07, 6.45) is 2.27. The van der Waals surface area contributed by atoms with E-state index in [1.54, 1.807) is 17.5 Å². The van der Waals surface area contributed by atoms with Crippen LogP contribution < -0.4 is 4.72 Å². The Hall–Kier alpha value is -0.470. The summed E-state index contributed by atoms with van der Waals surface area (Å²) < 4.78 is 26.7. The predicted octanol–water partition coefficient (Wildman–Crippen LogP) is 0.873. The van der Waals surface area contributed by atoms with Gasteiger partial charge in [-0.25, -0.2) is 13.1 Å². The minimum Gasteiger partial charge on any atom is -0.393 e. The number of hydrogen-bond acceptors (Lipinski definition) is 5. The highest BCUT2D eigenvalue weighted by Gasteiger charge is 2.17. The van der Waals surface area contributed by atoms with E-state index < -0.39 is 10.0 Å². The van der Waals surface area contributed by atoms with Crippen molar-refractivity contribution < 1.29 is 13.5 Å². The van der Waals surface area contributed by atoms with Crippen LogP contribution in [0.4, 0.5) is 0 Å². The molecule has 1 saturated heterocycles. The van der Waals surface area contributed by atoms with E-state index in [1.807, 2.05) is 0 Å². The van der Waals surface area contributed by atoms with Crippen LogP contribution in [0.25, 0.3) is 0 Å². The first-order valence-corrected chi connectivity index (χ1v) is 8.88. The first-order chi connectivity index (χ1) is 9.08.